The second kappa shape index (κ2) is 9.15. The first-order valence-electron chi connectivity index (χ1n) is 5.87. The third-order valence-corrected chi connectivity index (χ3v) is 1.91. The number of amides is 2. The van der Waals surface area contributed by atoms with Crippen molar-refractivity contribution in [2.45, 2.75) is 13.8 Å². The zero-order valence-electron chi connectivity index (χ0n) is 11.1. The highest BCUT2D eigenvalue weighted by Crippen LogP contribution is 1.92. The van der Waals surface area contributed by atoms with Crippen LogP contribution >= 0.6 is 0 Å². The standard InChI is InChI=1S/C11H20N2O6/c1-8(2)7-19-4-3-12-11(18)13(5-9(14)15)6-10(16)17/h8H,3-7H2,1-2H3,(H,12,18)(H,14,15)(H,16,17). The van der Waals surface area contributed by atoms with E-state index in [-0.39, 0.29) is 13.2 Å². The van der Waals surface area contributed by atoms with E-state index in [4.69, 9.17) is 14.9 Å². The summed E-state index contributed by atoms with van der Waals surface area (Å²) in [6, 6.07) is -0.738. The number of hydrogen-bond donors (Lipinski definition) is 3. The first-order chi connectivity index (χ1) is 8.82. The van der Waals surface area contributed by atoms with Gasteiger partial charge in [0.2, 0.25) is 0 Å². The van der Waals surface area contributed by atoms with Gasteiger partial charge in [0.15, 0.2) is 0 Å². The lowest BCUT2D eigenvalue weighted by atomic mass is 10.2. The van der Waals surface area contributed by atoms with Crippen LogP contribution in [0, 0.1) is 5.92 Å². The van der Waals surface area contributed by atoms with Crippen LogP contribution in [-0.2, 0) is 14.3 Å². The fourth-order valence-corrected chi connectivity index (χ4v) is 1.19. The smallest absolute Gasteiger partial charge is 0.323 e. The molecule has 0 aromatic heterocycles. The Kier molecular flexibility index (Phi) is 8.27. The maximum Gasteiger partial charge on any atom is 0.323 e. The number of carbonyl (C=O) groups excluding carboxylic acids is 1. The van der Waals surface area contributed by atoms with Crippen molar-refractivity contribution in [3.63, 3.8) is 0 Å². The lowest BCUT2D eigenvalue weighted by Crippen LogP contribution is -2.46. The number of urea groups is 1. The number of aliphatic carboxylic acids is 2. The average Bonchev–Trinajstić information content (AvgIpc) is 2.25. The molecular weight excluding hydrogens is 256 g/mol. The molecule has 0 bridgehead atoms. The Labute approximate surface area is 111 Å². The Morgan fingerprint density at radius 1 is 1.16 bits per heavy atom. The van der Waals surface area contributed by atoms with Gasteiger partial charge in [-0.3, -0.25) is 9.59 Å². The van der Waals surface area contributed by atoms with E-state index >= 15 is 0 Å². The van der Waals surface area contributed by atoms with E-state index in [1.807, 2.05) is 13.8 Å². The summed E-state index contributed by atoms with van der Waals surface area (Å²) in [5.74, 6) is -2.16. The summed E-state index contributed by atoms with van der Waals surface area (Å²) < 4.78 is 5.22. The van der Waals surface area contributed by atoms with Crippen molar-refractivity contribution >= 4 is 18.0 Å². The molecule has 0 unspecified atom stereocenters. The zero-order valence-corrected chi connectivity index (χ0v) is 11.1. The van der Waals surface area contributed by atoms with Crippen molar-refractivity contribution in [2.75, 3.05) is 32.8 Å². The SMILES string of the molecule is CC(C)COCCNC(=O)N(CC(=O)O)CC(=O)O. The molecule has 0 aromatic rings. The van der Waals surface area contributed by atoms with Gasteiger partial charge in [-0.25, -0.2) is 4.79 Å². The normalized spacial score (nSPS) is 10.3. The van der Waals surface area contributed by atoms with Crippen LogP contribution in [0.25, 0.3) is 0 Å². The van der Waals surface area contributed by atoms with Gasteiger partial charge >= 0.3 is 18.0 Å². The molecule has 0 spiro atoms. The molecule has 0 saturated carbocycles. The maximum atomic E-state index is 11.5. The van der Waals surface area contributed by atoms with Gasteiger partial charge in [0.25, 0.3) is 0 Å². The number of carboxylic acids is 2. The lowest BCUT2D eigenvalue weighted by molar-refractivity contribution is -0.140. The molecule has 0 saturated heterocycles. The Morgan fingerprint density at radius 2 is 1.68 bits per heavy atom. The number of nitrogens with zero attached hydrogens (tertiary/aromatic N) is 1. The second-order valence-electron chi connectivity index (χ2n) is 4.34. The highest BCUT2D eigenvalue weighted by atomic mass is 16.5. The monoisotopic (exact) mass is 276 g/mol. The van der Waals surface area contributed by atoms with Crippen LogP contribution in [0.4, 0.5) is 4.79 Å². The van der Waals surface area contributed by atoms with Gasteiger partial charge in [0.1, 0.15) is 13.1 Å². The molecule has 3 N–H and O–H groups in total. The first kappa shape index (κ1) is 17.2. The minimum Gasteiger partial charge on any atom is -0.480 e. The van der Waals surface area contributed by atoms with Gasteiger partial charge in [-0.1, -0.05) is 13.8 Å². The summed E-state index contributed by atoms with van der Waals surface area (Å²) in [7, 11) is 0. The van der Waals surface area contributed by atoms with E-state index in [9.17, 15) is 14.4 Å². The number of hydrogen-bond acceptors (Lipinski definition) is 4. The van der Waals surface area contributed by atoms with Crippen LogP contribution in [0.5, 0.6) is 0 Å². The zero-order chi connectivity index (χ0) is 14.8. The van der Waals surface area contributed by atoms with Crippen molar-refractivity contribution in [1.29, 1.82) is 0 Å². The highest BCUT2D eigenvalue weighted by molar-refractivity contribution is 5.84. The fourth-order valence-electron chi connectivity index (χ4n) is 1.19. The van der Waals surface area contributed by atoms with Gasteiger partial charge < -0.3 is 25.2 Å². The number of nitrogens with one attached hydrogen (secondary N) is 1. The molecule has 19 heavy (non-hydrogen) atoms. The Morgan fingerprint density at radius 3 is 2.11 bits per heavy atom. The van der Waals surface area contributed by atoms with E-state index in [1.165, 1.54) is 0 Å². The summed E-state index contributed by atoms with van der Waals surface area (Å²) in [5, 5.41) is 19.6. The van der Waals surface area contributed by atoms with Gasteiger partial charge in [-0.2, -0.15) is 0 Å². The molecule has 0 atom stereocenters. The van der Waals surface area contributed by atoms with Crippen molar-refractivity contribution in [3.05, 3.63) is 0 Å². The number of rotatable bonds is 9. The molecule has 0 aliphatic carbocycles. The first-order valence-corrected chi connectivity index (χ1v) is 5.87. The van der Waals surface area contributed by atoms with Crippen LogP contribution in [0.15, 0.2) is 0 Å². The Hall–Kier alpha value is -1.83. The van der Waals surface area contributed by atoms with Gasteiger partial charge in [-0.15, -0.1) is 0 Å². The van der Waals surface area contributed by atoms with Gasteiger partial charge in [-0.05, 0) is 5.92 Å². The topological polar surface area (TPSA) is 116 Å². The average molecular weight is 276 g/mol. The summed E-state index contributed by atoms with van der Waals surface area (Å²) in [6.45, 7) is 3.69. The van der Waals surface area contributed by atoms with Crippen molar-refractivity contribution in [2.24, 2.45) is 5.92 Å². The molecule has 0 fully saturated rings. The summed E-state index contributed by atoms with van der Waals surface area (Å²) in [6.07, 6.45) is 0. The Balaban J connectivity index is 4.03. The highest BCUT2D eigenvalue weighted by Gasteiger charge is 2.18. The largest absolute Gasteiger partial charge is 0.480 e. The van der Waals surface area contributed by atoms with Crippen LogP contribution in [-0.4, -0.2) is 65.9 Å². The molecule has 0 aromatic carbocycles. The van der Waals surface area contributed by atoms with Crippen molar-refractivity contribution in [1.82, 2.24) is 10.2 Å². The maximum absolute atomic E-state index is 11.5. The molecule has 8 nitrogen and oxygen atoms in total. The minimum atomic E-state index is -1.27. The number of ether oxygens (including phenoxy) is 1. The second-order valence-corrected chi connectivity index (χ2v) is 4.34. The molecule has 0 radical (unpaired) electrons. The van der Waals surface area contributed by atoms with Gasteiger partial charge in [0, 0.05) is 13.2 Å². The van der Waals surface area contributed by atoms with E-state index in [1.54, 1.807) is 0 Å². The third kappa shape index (κ3) is 9.83. The Bertz CT molecular complexity index is 302. The van der Waals surface area contributed by atoms with E-state index in [2.05, 4.69) is 5.32 Å². The molecule has 0 aliphatic heterocycles. The third-order valence-electron chi connectivity index (χ3n) is 1.91. The van der Waals surface area contributed by atoms with Crippen molar-refractivity contribution < 1.29 is 29.3 Å². The van der Waals surface area contributed by atoms with Gasteiger partial charge in [0.05, 0.1) is 6.61 Å². The number of carbonyl (C=O) groups is 3. The van der Waals surface area contributed by atoms with Crippen LogP contribution in [0.3, 0.4) is 0 Å². The summed E-state index contributed by atoms with van der Waals surface area (Å²) in [4.78, 5) is 33.3. The van der Waals surface area contributed by atoms with E-state index in [0.717, 1.165) is 0 Å². The molecule has 110 valence electrons. The molecule has 0 aliphatic rings. The summed E-state index contributed by atoms with van der Waals surface area (Å²) in [5.41, 5.74) is 0. The minimum absolute atomic E-state index is 0.196. The van der Waals surface area contributed by atoms with Crippen LogP contribution in [0.2, 0.25) is 0 Å². The predicted octanol–water partition coefficient (Wildman–Crippen LogP) is -0.160. The van der Waals surface area contributed by atoms with E-state index < -0.39 is 31.1 Å². The number of carboxylic acid groups (broad SMARTS) is 2. The van der Waals surface area contributed by atoms with E-state index in [0.29, 0.717) is 17.4 Å². The fraction of sp³-hybridized carbons (Fsp3) is 0.727. The van der Waals surface area contributed by atoms with Crippen LogP contribution in [0.1, 0.15) is 13.8 Å². The summed E-state index contributed by atoms with van der Waals surface area (Å²) >= 11 is 0. The molecular formula is C11H20N2O6. The van der Waals surface area contributed by atoms with Crippen molar-refractivity contribution in [3.8, 4) is 0 Å². The molecule has 8 heteroatoms. The van der Waals surface area contributed by atoms with Crippen LogP contribution < -0.4 is 5.32 Å². The predicted molar refractivity (Wildman–Crippen MR) is 65.9 cm³/mol. The molecule has 0 rings (SSSR count). The molecule has 0 heterocycles. The molecule has 2 amide bonds. The quantitative estimate of drug-likeness (QED) is 0.504. The lowest BCUT2D eigenvalue weighted by Gasteiger charge is -2.19.